The summed E-state index contributed by atoms with van der Waals surface area (Å²) >= 11 is 3.50. The molecule has 2 N–H and O–H groups in total. The van der Waals surface area contributed by atoms with Crippen molar-refractivity contribution in [3.8, 4) is 0 Å². The predicted molar refractivity (Wildman–Crippen MR) is 245 cm³/mol. The Hall–Kier alpha value is -3.50. The minimum absolute atomic E-state index is 0. The van der Waals surface area contributed by atoms with Gasteiger partial charge in [-0.05, 0) is 62.2 Å². The van der Waals surface area contributed by atoms with Crippen LogP contribution in [0.5, 0.6) is 0 Å². The summed E-state index contributed by atoms with van der Waals surface area (Å²) in [6.45, 7) is 5.84. The van der Waals surface area contributed by atoms with Crippen molar-refractivity contribution in [3.63, 3.8) is 0 Å². The molecule has 0 aliphatic heterocycles. The third-order valence-electron chi connectivity index (χ3n) is 9.02. The van der Waals surface area contributed by atoms with E-state index in [2.05, 4.69) is 127 Å². The molecule has 4 nitrogen and oxygen atoms in total. The second kappa shape index (κ2) is 26.5. The summed E-state index contributed by atoms with van der Waals surface area (Å²) in [7, 11) is -1.65. The molecule has 8 aromatic carbocycles. The fraction of sp³-hybridized carbons (Fsp3) is 0.167. The van der Waals surface area contributed by atoms with E-state index in [1.54, 1.807) is 6.07 Å². The van der Waals surface area contributed by atoms with Gasteiger partial charge in [-0.25, -0.2) is 0 Å². The second-order valence-electron chi connectivity index (χ2n) is 13.0. The van der Waals surface area contributed by atoms with Gasteiger partial charge in [-0.1, -0.05) is 176 Å². The Bertz CT molecular complexity index is 2270. The SMILES string of the molecule is Brc1cccc2ccccc12.CCCCOB(OCCCC)c1cccc2ccccc12.OB(O)c1cccc2ccccc12.[Br-].[Mg+2].[c-]1cccc2ccccc12. The van der Waals surface area contributed by atoms with Gasteiger partial charge in [-0.2, -0.15) is 0 Å². The Balaban J connectivity index is 0.000000210. The summed E-state index contributed by atoms with van der Waals surface area (Å²) in [4.78, 5) is 0. The fourth-order valence-corrected chi connectivity index (χ4v) is 6.59. The molecule has 0 aliphatic carbocycles. The smallest absolute Gasteiger partial charge is 1.00 e. The monoisotopic (exact) mass is 892 g/mol. The van der Waals surface area contributed by atoms with Crippen LogP contribution in [-0.2, 0) is 9.31 Å². The third-order valence-corrected chi connectivity index (χ3v) is 9.71. The molecule has 0 amide bonds. The molecule has 0 atom stereocenters. The number of hydrogen-bond donors (Lipinski definition) is 2. The molecule has 0 unspecified atom stereocenters. The minimum Gasteiger partial charge on any atom is -1.00 e. The molecule has 0 heterocycles. The zero-order valence-corrected chi connectivity index (χ0v) is 37.3. The van der Waals surface area contributed by atoms with Crippen LogP contribution in [0.1, 0.15) is 39.5 Å². The Kier molecular flexibility index (Phi) is 22.2. The van der Waals surface area contributed by atoms with Crippen LogP contribution in [0.25, 0.3) is 43.1 Å². The summed E-state index contributed by atoms with van der Waals surface area (Å²) in [5.41, 5.74) is 1.69. The van der Waals surface area contributed by atoms with Gasteiger partial charge in [-0.3, -0.25) is 0 Å². The van der Waals surface area contributed by atoms with E-state index < -0.39 is 7.12 Å². The van der Waals surface area contributed by atoms with E-state index in [-0.39, 0.29) is 47.2 Å². The molecule has 0 saturated heterocycles. The fourth-order valence-electron chi connectivity index (χ4n) is 6.08. The standard InChI is InChI=1S/C18H25BO2.C10H9BO2.C10H7Br.C10H7.BrH.Mg/c1-3-5-14-20-19(21-15-6-4-2)18-13-9-11-16-10-7-8-12-17(16)18;12-11(13)10-7-3-5-8-4-1-2-6-9(8)10;11-10-7-3-5-8-4-1-2-6-9(8)10;1-2-6-10-8-4-3-7-9(10)5-1;;/h7-13H,3-6,14-15H2,1-2H3;1-7,12-13H;1-7H;1-7H;1H;/q;;;-1;;+2/p-1. The average molecular weight is 895 g/mol. The van der Waals surface area contributed by atoms with Crippen molar-refractivity contribution in [1.82, 2.24) is 0 Å². The minimum atomic E-state index is -1.40. The molecule has 8 rings (SSSR count). The average Bonchev–Trinajstić information content (AvgIpc) is 3.24. The van der Waals surface area contributed by atoms with Crippen molar-refractivity contribution in [2.75, 3.05) is 13.2 Å². The van der Waals surface area contributed by atoms with Crippen LogP contribution in [-0.4, -0.2) is 60.6 Å². The third kappa shape index (κ3) is 14.7. The number of halogens is 2. The van der Waals surface area contributed by atoms with Crippen molar-refractivity contribution >= 4 is 107 Å². The van der Waals surface area contributed by atoms with Crippen molar-refractivity contribution in [2.24, 2.45) is 0 Å². The summed E-state index contributed by atoms with van der Waals surface area (Å²) < 4.78 is 13.2. The molecule has 57 heavy (non-hydrogen) atoms. The zero-order valence-electron chi connectivity index (χ0n) is 32.7. The molecule has 0 bridgehead atoms. The number of hydrogen-bond acceptors (Lipinski definition) is 4. The molecule has 0 fully saturated rings. The Labute approximate surface area is 374 Å². The van der Waals surface area contributed by atoms with E-state index in [1.165, 1.54) is 32.3 Å². The topological polar surface area (TPSA) is 58.9 Å². The Morgan fingerprint density at radius 1 is 0.509 bits per heavy atom. The maximum absolute atomic E-state index is 9.08. The van der Waals surface area contributed by atoms with Gasteiger partial charge in [0.05, 0.1) is 0 Å². The Morgan fingerprint density at radius 2 is 0.930 bits per heavy atom. The van der Waals surface area contributed by atoms with Crippen LogP contribution < -0.4 is 27.9 Å². The molecule has 9 heteroatoms. The van der Waals surface area contributed by atoms with Crippen molar-refractivity contribution in [1.29, 1.82) is 0 Å². The molecule has 286 valence electrons. The van der Waals surface area contributed by atoms with Gasteiger partial charge in [0.15, 0.2) is 0 Å². The van der Waals surface area contributed by atoms with E-state index in [9.17, 15) is 0 Å². The van der Waals surface area contributed by atoms with Gasteiger partial charge >= 0.3 is 37.3 Å². The molecule has 0 saturated carbocycles. The summed E-state index contributed by atoms with van der Waals surface area (Å²) in [6, 6.07) is 59.8. The van der Waals surface area contributed by atoms with Gasteiger partial charge in [0.1, 0.15) is 0 Å². The maximum atomic E-state index is 9.08. The first kappa shape index (κ1) is 47.9. The molecule has 0 aliphatic rings. The second-order valence-corrected chi connectivity index (χ2v) is 13.9. The van der Waals surface area contributed by atoms with Crippen molar-refractivity contribution in [3.05, 3.63) is 180 Å². The van der Waals surface area contributed by atoms with Gasteiger partial charge in [0.25, 0.3) is 0 Å². The van der Waals surface area contributed by atoms with Crippen LogP contribution >= 0.6 is 15.9 Å². The van der Waals surface area contributed by atoms with Crippen LogP contribution in [0.15, 0.2) is 174 Å². The van der Waals surface area contributed by atoms with E-state index in [1.807, 2.05) is 72.8 Å². The quantitative estimate of drug-likeness (QED) is 0.0847. The Morgan fingerprint density at radius 3 is 1.46 bits per heavy atom. The van der Waals surface area contributed by atoms with E-state index in [0.29, 0.717) is 5.46 Å². The molecular formula is C48H48B2Br2MgO4. The van der Waals surface area contributed by atoms with Gasteiger partial charge in [0.2, 0.25) is 0 Å². The van der Waals surface area contributed by atoms with Crippen molar-refractivity contribution < 1.29 is 36.3 Å². The van der Waals surface area contributed by atoms with Gasteiger partial charge in [-0.15, -0.1) is 47.2 Å². The van der Waals surface area contributed by atoms with E-state index in [4.69, 9.17) is 19.4 Å². The van der Waals surface area contributed by atoms with E-state index >= 15 is 0 Å². The van der Waals surface area contributed by atoms with Crippen LogP contribution in [0.2, 0.25) is 0 Å². The maximum Gasteiger partial charge on any atom is 2.00 e. The van der Waals surface area contributed by atoms with E-state index in [0.717, 1.165) is 59.6 Å². The number of unbranched alkanes of at least 4 members (excludes halogenated alkanes) is 2. The molecule has 0 aromatic heterocycles. The molecule has 8 aromatic rings. The summed E-state index contributed by atoms with van der Waals surface area (Å²) in [5.74, 6) is 0. The first-order valence-electron chi connectivity index (χ1n) is 19.0. The summed E-state index contributed by atoms with van der Waals surface area (Å²) in [5, 5.41) is 27.5. The zero-order chi connectivity index (χ0) is 38.7. The molecular weight excluding hydrogens is 846 g/mol. The van der Waals surface area contributed by atoms with Crippen LogP contribution in [0.4, 0.5) is 0 Å². The summed E-state index contributed by atoms with van der Waals surface area (Å²) in [6.07, 6.45) is 4.41. The van der Waals surface area contributed by atoms with Gasteiger partial charge in [0, 0.05) is 17.7 Å². The van der Waals surface area contributed by atoms with Crippen LogP contribution in [0.3, 0.4) is 0 Å². The largest absolute Gasteiger partial charge is 2.00 e. The molecule has 0 radical (unpaired) electrons. The number of benzene rings is 8. The molecule has 0 spiro atoms. The number of rotatable bonds is 10. The normalized spacial score (nSPS) is 10.1. The van der Waals surface area contributed by atoms with Gasteiger partial charge < -0.3 is 36.3 Å². The van der Waals surface area contributed by atoms with Crippen LogP contribution in [0, 0.1) is 6.07 Å². The first-order chi connectivity index (χ1) is 27.0. The first-order valence-corrected chi connectivity index (χ1v) is 19.8. The van der Waals surface area contributed by atoms with Crippen molar-refractivity contribution in [2.45, 2.75) is 39.5 Å². The predicted octanol–water partition coefficient (Wildman–Crippen LogP) is 7.55. The number of fused-ring (bicyclic) bond motifs is 4.